The molecule has 1 aromatic rings. The summed E-state index contributed by atoms with van der Waals surface area (Å²) in [6, 6.07) is 8.96. The van der Waals surface area contributed by atoms with Gasteiger partial charge < -0.3 is 4.74 Å². The molecule has 1 spiro atoms. The van der Waals surface area contributed by atoms with Gasteiger partial charge in [0.25, 0.3) is 0 Å². The van der Waals surface area contributed by atoms with Gasteiger partial charge in [-0.05, 0) is 30.5 Å². The van der Waals surface area contributed by atoms with Crippen LogP contribution in [-0.4, -0.2) is 19.3 Å². The van der Waals surface area contributed by atoms with Crippen LogP contribution in [-0.2, 0) is 0 Å². The Labute approximate surface area is 109 Å². The van der Waals surface area contributed by atoms with E-state index in [0.29, 0.717) is 6.04 Å². The first-order valence-electron chi connectivity index (χ1n) is 6.96. The van der Waals surface area contributed by atoms with E-state index in [1.165, 1.54) is 37.7 Å². The second-order valence-electron chi connectivity index (χ2n) is 5.48. The van der Waals surface area contributed by atoms with Crippen molar-refractivity contribution in [3.05, 3.63) is 29.8 Å². The fraction of sp³-hybridized carbons (Fsp3) is 0.600. The van der Waals surface area contributed by atoms with Gasteiger partial charge in [0, 0.05) is 12.2 Å². The Bertz CT molecular complexity index is 395. The standard InChI is InChI=1S/C15H22N2O/c1-18-13-7-5-12(6-8-13)14-15(17-11-16-14)9-3-2-4-10-15/h5-8,14,16-17H,2-4,9-11H2,1H3. The molecule has 0 amide bonds. The quantitative estimate of drug-likeness (QED) is 0.841. The number of ether oxygens (including phenoxy) is 1. The lowest BCUT2D eigenvalue weighted by Gasteiger charge is -2.38. The average Bonchev–Trinajstić information content (AvgIpc) is 2.83. The molecule has 3 heteroatoms. The highest BCUT2D eigenvalue weighted by molar-refractivity contribution is 5.32. The van der Waals surface area contributed by atoms with Crippen molar-refractivity contribution in [1.82, 2.24) is 10.6 Å². The Kier molecular flexibility index (Phi) is 3.27. The molecule has 1 aliphatic carbocycles. The molecular weight excluding hydrogens is 224 g/mol. The second-order valence-corrected chi connectivity index (χ2v) is 5.48. The van der Waals surface area contributed by atoms with Gasteiger partial charge in [-0.2, -0.15) is 0 Å². The van der Waals surface area contributed by atoms with Gasteiger partial charge in [-0.3, -0.25) is 10.6 Å². The average molecular weight is 246 g/mol. The van der Waals surface area contributed by atoms with Crippen molar-refractivity contribution < 1.29 is 4.74 Å². The Balaban J connectivity index is 1.84. The minimum absolute atomic E-state index is 0.285. The van der Waals surface area contributed by atoms with E-state index in [9.17, 15) is 0 Å². The second kappa shape index (κ2) is 4.90. The van der Waals surface area contributed by atoms with Crippen LogP contribution < -0.4 is 15.4 Å². The van der Waals surface area contributed by atoms with Crippen LogP contribution in [0.1, 0.15) is 43.7 Å². The molecule has 3 rings (SSSR count). The van der Waals surface area contributed by atoms with Crippen molar-refractivity contribution in [1.29, 1.82) is 0 Å². The van der Waals surface area contributed by atoms with E-state index in [0.717, 1.165) is 12.4 Å². The summed E-state index contributed by atoms with van der Waals surface area (Å²) >= 11 is 0. The van der Waals surface area contributed by atoms with Crippen LogP contribution in [0.4, 0.5) is 0 Å². The molecule has 0 radical (unpaired) electrons. The fourth-order valence-corrected chi connectivity index (χ4v) is 3.51. The predicted molar refractivity (Wildman–Crippen MR) is 72.7 cm³/mol. The van der Waals surface area contributed by atoms with Crippen LogP contribution in [0.3, 0.4) is 0 Å². The number of rotatable bonds is 2. The topological polar surface area (TPSA) is 33.3 Å². The maximum absolute atomic E-state index is 5.23. The van der Waals surface area contributed by atoms with E-state index in [1.54, 1.807) is 7.11 Å². The first kappa shape index (κ1) is 12.0. The summed E-state index contributed by atoms with van der Waals surface area (Å²) in [5.74, 6) is 0.933. The number of hydrogen-bond donors (Lipinski definition) is 2. The summed E-state index contributed by atoms with van der Waals surface area (Å²) in [5, 5.41) is 7.33. The summed E-state index contributed by atoms with van der Waals surface area (Å²) < 4.78 is 5.23. The third-order valence-electron chi connectivity index (χ3n) is 4.49. The van der Waals surface area contributed by atoms with E-state index in [2.05, 4.69) is 34.9 Å². The zero-order chi connectivity index (χ0) is 12.4. The molecule has 1 aliphatic heterocycles. The minimum Gasteiger partial charge on any atom is -0.497 e. The van der Waals surface area contributed by atoms with Crippen LogP contribution in [0.25, 0.3) is 0 Å². The van der Waals surface area contributed by atoms with Gasteiger partial charge in [-0.25, -0.2) is 0 Å². The zero-order valence-corrected chi connectivity index (χ0v) is 11.0. The fourth-order valence-electron chi connectivity index (χ4n) is 3.51. The summed E-state index contributed by atoms with van der Waals surface area (Å²) in [7, 11) is 1.72. The molecule has 1 heterocycles. The first-order chi connectivity index (χ1) is 8.84. The van der Waals surface area contributed by atoms with Crippen molar-refractivity contribution in [3.63, 3.8) is 0 Å². The molecule has 1 unspecified atom stereocenters. The minimum atomic E-state index is 0.285. The zero-order valence-electron chi connectivity index (χ0n) is 11.0. The van der Waals surface area contributed by atoms with Crippen molar-refractivity contribution in [3.8, 4) is 5.75 Å². The molecule has 3 nitrogen and oxygen atoms in total. The monoisotopic (exact) mass is 246 g/mol. The normalized spacial score (nSPS) is 26.4. The maximum Gasteiger partial charge on any atom is 0.118 e. The summed E-state index contributed by atoms with van der Waals surface area (Å²) in [4.78, 5) is 0. The van der Waals surface area contributed by atoms with Crippen LogP contribution >= 0.6 is 0 Å². The molecule has 2 aliphatic rings. The van der Waals surface area contributed by atoms with E-state index in [-0.39, 0.29) is 5.54 Å². The van der Waals surface area contributed by atoms with E-state index in [4.69, 9.17) is 4.74 Å². The number of nitrogens with one attached hydrogen (secondary N) is 2. The summed E-state index contributed by atoms with van der Waals surface area (Å²) in [6.07, 6.45) is 6.66. The van der Waals surface area contributed by atoms with Gasteiger partial charge in [0.05, 0.1) is 13.2 Å². The molecular formula is C15H22N2O. The third kappa shape index (κ3) is 2.02. The Morgan fingerprint density at radius 3 is 2.50 bits per heavy atom. The van der Waals surface area contributed by atoms with E-state index in [1.807, 2.05) is 0 Å². The summed E-state index contributed by atoms with van der Waals surface area (Å²) in [6.45, 7) is 0.927. The predicted octanol–water partition coefficient (Wildman–Crippen LogP) is 2.59. The Morgan fingerprint density at radius 2 is 1.83 bits per heavy atom. The van der Waals surface area contributed by atoms with Crippen molar-refractivity contribution in [2.75, 3.05) is 13.8 Å². The van der Waals surface area contributed by atoms with Crippen LogP contribution in [0, 0.1) is 0 Å². The van der Waals surface area contributed by atoms with Crippen molar-refractivity contribution >= 4 is 0 Å². The van der Waals surface area contributed by atoms with Gasteiger partial charge in [0.2, 0.25) is 0 Å². The van der Waals surface area contributed by atoms with E-state index < -0.39 is 0 Å². The molecule has 1 aromatic carbocycles. The van der Waals surface area contributed by atoms with Crippen LogP contribution in [0.15, 0.2) is 24.3 Å². The highest BCUT2D eigenvalue weighted by Crippen LogP contribution is 2.40. The Morgan fingerprint density at radius 1 is 1.11 bits per heavy atom. The van der Waals surface area contributed by atoms with Gasteiger partial charge in [-0.15, -0.1) is 0 Å². The van der Waals surface area contributed by atoms with Gasteiger partial charge >= 0.3 is 0 Å². The van der Waals surface area contributed by atoms with Crippen molar-refractivity contribution in [2.24, 2.45) is 0 Å². The lowest BCUT2D eigenvalue weighted by molar-refractivity contribution is 0.233. The maximum atomic E-state index is 5.23. The van der Waals surface area contributed by atoms with Crippen LogP contribution in [0.2, 0.25) is 0 Å². The van der Waals surface area contributed by atoms with Crippen LogP contribution in [0.5, 0.6) is 5.75 Å². The van der Waals surface area contributed by atoms with E-state index >= 15 is 0 Å². The molecule has 98 valence electrons. The molecule has 0 aromatic heterocycles. The first-order valence-corrected chi connectivity index (χ1v) is 6.96. The lowest BCUT2D eigenvalue weighted by Crippen LogP contribution is -2.46. The number of methoxy groups -OCH3 is 1. The van der Waals surface area contributed by atoms with Crippen molar-refractivity contribution in [2.45, 2.75) is 43.7 Å². The molecule has 1 saturated carbocycles. The Hall–Kier alpha value is -1.06. The smallest absolute Gasteiger partial charge is 0.118 e. The summed E-state index contributed by atoms with van der Waals surface area (Å²) in [5.41, 5.74) is 1.66. The SMILES string of the molecule is COc1ccc(C2NCNC23CCCCC3)cc1. The van der Waals surface area contributed by atoms with Gasteiger partial charge in [-0.1, -0.05) is 31.4 Å². The molecule has 2 N–H and O–H groups in total. The number of hydrogen-bond acceptors (Lipinski definition) is 3. The lowest BCUT2D eigenvalue weighted by atomic mass is 9.75. The highest BCUT2D eigenvalue weighted by Gasteiger charge is 2.43. The molecule has 1 saturated heterocycles. The molecule has 1 atom stereocenters. The molecule has 2 fully saturated rings. The third-order valence-corrected chi connectivity index (χ3v) is 4.49. The molecule has 18 heavy (non-hydrogen) atoms. The largest absolute Gasteiger partial charge is 0.497 e. The molecule has 0 bridgehead atoms. The van der Waals surface area contributed by atoms with Gasteiger partial charge in [0.15, 0.2) is 0 Å². The number of benzene rings is 1. The van der Waals surface area contributed by atoms with Gasteiger partial charge in [0.1, 0.15) is 5.75 Å². The highest BCUT2D eigenvalue weighted by atomic mass is 16.5.